The maximum absolute atomic E-state index is 13.1. The monoisotopic (exact) mass is 424 g/mol. The van der Waals surface area contributed by atoms with E-state index in [0.717, 1.165) is 11.1 Å². The molecule has 1 fully saturated rings. The Labute approximate surface area is 179 Å². The van der Waals surface area contributed by atoms with Crippen LogP contribution >= 0.6 is 11.3 Å². The molecule has 1 unspecified atom stereocenters. The minimum absolute atomic E-state index is 0.0149. The van der Waals surface area contributed by atoms with E-state index in [1.807, 2.05) is 30.0 Å². The molecule has 3 heterocycles. The number of hydrogen-bond acceptors (Lipinski definition) is 6. The molecule has 1 aromatic carbocycles. The first kappa shape index (κ1) is 20.2. The van der Waals surface area contributed by atoms with Gasteiger partial charge in [-0.2, -0.15) is 0 Å². The summed E-state index contributed by atoms with van der Waals surface area (Å²) in [5, 5.41) is 13.0. The van der Waals surface area contributed by atoms with Crippen molar-refractivity contribution in [2.75, 3.05) is 19.6 Å². The number of piperazine rings is 1. The fraction of sp³-hybridized carbons (Fsp3) is 0.381. The van der Waals surface area contributed by atoms with E-state index < -0.39 is 6.04 Å². The average Bonchev–Trinajstić information content (AvgIpc) is 3.48. The standard InChI is InChI=1S/C21H24N6O2S/c1-2-25-10-11-27(20(28)8-9-26-15-22-23-24-26)18(21(25)29)14-16-5-3-6-17(13-16)19-7-4-12-30-19/h3-7,12-13,15,18H,2,8-11,14H2,1H3. The smallest absolute Gasteiger partial charge is 0.245 e. The predicted octanol–water partition coefficient (Wildman–Crippen LogP) is 2.09. The molecule has 0 aliphatic carbocycles. The van der Waals surface area contributed by atoms with Crippen molar-refractivity contribution in [2.45, 2.75) is 32.4 Å². The number of carbonyl (C=O) groups is 2. The molecular formula is C21H24N6O2S. The van der Waals surface area contributed by atoms with Crippen LogP contribution in [0.2, 0.25) is 0 Å². The van der Waals surface area contributed by atoms with Crippen molar-refractivity contribution in [3.8, 4) is 10.4 Å². The molecule has 2 amide bonds. The van der Waals surface area contributed by atoms with Gasteiger partial charge in [0.05, 0.1) is 6.54 Å². The summed E-state index contributed by atoms with van der Waals surface area (Å²) in [5.74, 6) is -0.0323. The van der Waals surface area contributed by atoms with Crippen molar-refractivity contribution in [1.82, 2.24) is 30.0 Å². The van der Waals surface area contributed by atoms with E-state index in [1.165, 1.54) is 15.9 Å². The first-order valence-corrected chi connectivity index (χ1v) is 11.0. The predicted molar refractivity (Wildman–Crippen MR) is 114 cm³/mol. The van der Waals surface area contributed by atoms with Gasteiger partial charge in [0.25, 0.3) is 0 Å². The van der Waals surface area contributed by atoms with Crippen molar-refractivity contribution in [3.05, 3.63) is 53.7 Å². The van der Waals surface area contributed by atoms with E-state index in [1.54, 1.807) is 16.2 Å². The van der Waals surface area contributed by atoms with Gasteiger partial charge < -0.3 is 9.80 Å². The lowest BCUT2D eigenvalue weighted by Crippen LogP contribution is -2.59. The molecule has 3 aromatic rings. The second kappa shape index (κ2) is 9.17. The number of hydrogen-bond donors (Lipinski definition) is 0. The topological polar surface area (TPSA) is 84.2 Å². The van der Waals surface area contributed by atoms with E-state index in [-0.39, 0.29) is 18.2 Å². The van der Waals surface area contributed by atoms with Gasteiger partial charge in [-0.25, -0.2) is 4.68 Å². The summed E-state index contributed by atoms with van der Waals surface area (Å²) in [6.45, 7) is 4.13. The Hall–Kier alpha value is -3.07. The van der Waals surface area contributed by atoms with Gasteiger partial charge in [-0.15, -0.1) is 16.4 Å². The van der Waals surface area contributed by atoms with Crippen LogP contribution in [0, 0.1) is 0 Å². The normalized spacial score (nSPS) is 16.8. The lowest BCUT2D eigenvalue weighted by molar-refractivity contribution is -0.151. The molecule has 1 atom stereocenters. The molecule has 8 nitrogen and oxygen atoms in total. The van der Waals surface area contributed by atoms with Crippen LogP contribution < -0.4 is 0 Å². The van der Waals surface area contributed by atoms with Crippen LogP contribution in [0.3, 0.4) is 0 Å². The van der Waals surface area contributed by atoms with Crippen LogP contribution in [0.4, 0.5) is 0 Å². The summed E-state index contributed by atoms with van der Waals surface area (Å²) in [5.41, 5.74) is 2.19. The Kier molecular flexibility index (Phi) is 6.18. The molecule has 30 heavy (non-hydrogen) atoms. The quantitative estimate of drug-likeness (QED) is 0.580. The van der Waals surface area contributed by atoms with Gasteiger partial charge in [0.2, 0.25) is 11.8 Å². The Morgan fingerprint density at radius 1 is 1.23 bits per heavy atom. The first-order chi connectivity index (χ1) is 14.7. The Balaban J connectivity index is 1.52. The van der Waals surface area contributed by atoms with Crippen molar-refractivity contribution < 1.29 is 9.59 Å². The molecule has 0 bridgehead atoms. The highest BCUT2D eigenvalue weighted by Crippen LogP contribution is 2.26. The first-order valence-electron chi connectivity index (χ1n) is 10.1. The van der Waals surface area contributed by atoms with Crippen molar-refractivity contribution >= 4 is 23.2 Å². The van der Waals surface area contributed by atoms with E-state index >= 15 is 0 Å². The minimum atomic E-state index is -0.487. The highest BCUT2D eigenvalue weighted by Gasteiger charge is 2.36. The molecule has 0 saturated carbocycles. The molecule has 0 N–H and O–H groups in total. The van der Waals surface area contributed by atoms with E-state index in [4.69, 9.17) is 0 Å². The van der Waals surface area contributed by atoms with Crippen LogP contribution in [0.5, 0.6) is 0 Å². The van der Waals surface area contributed by atoms with E-state index in [0.29, 0.717) is 32.6 Å². The molecule has 1 saturated heterocycles. The third-order valence-corrected chi connectivity index (χ3v) is 6.31. The summed E-state index contributed by atoms with van der Waals surface area (Å²) in [7, 11) is 0. The zero-order chi connectivity index (χ0) is 20.9. The molecule has 156 valence electrons. The van der Waals surface area contributed by atoms with Gasteiger partial charge in [0.1, 0.15) is 12.4 Å². The third kappa shape index (κ3) is 4.40. The summed E-state index contributed by atoms with van der Waals surface area (Å²) in [6.07, 6.45) is 2.25. The number of carbonyl (C=O) groups excluding carboxylic acids is 2. The van der Waals surface area contributed by atoms with Crippen molar-refractivity contribution in [3.63, 3.8) is 0 Å². The number of thiophene rings is 1. The maximum atomic E-state index is 13.1. The lowest BCUT2D eigenvalue weighted by Gasteiger charge is -2.40. The van der Waals surface area contributed by atoms with E-state index in [2.05, 4.69) is 39.1 Å². The van der Waals surface area contributed by atoms with Crippen molar-refractivity contribution in [1.29, 1.82) is 0 Å². The van der Waals surface area contributed by atoms with Crippen LogP contribution in [-0.2, 0) is 22.6 Å². The summed E-state index contributed by atoms with van der Waals surface area (Å²) in [4.78, 5) is 30.8. The third-order valence-electron chi connectivity index (χ3n) is 5.39. The number of rotatable bonds is 7. The molecule has 4 rings (SSSR count). The molecule has 2 aromatic heterocycles. The van der Waals surface area contributed by atoms with Gasteiger partial charge in [0, 0.05) is 37.4 Å². The second-order valence-corrected chi connectivity index (χ2v) is 8.17. The Morgan fingerprint density at radius 3 is 2.87 bits per heavy atom. The Morgan fingerprint density at radius 2 is 2.13 bits per heavy atom. The number of benzene rings is 1. The number of aryl methyl sites for hydroxylation is 1. The van der Waals surface area contributed by atoms with Crippen LogP contribution in [0.15, 0.2) is 48.1 Å². The SMILES string of the molecule is CCN1CCN(C(=O)CCn2cnnn2)C(Cc2cccc(-c3cccs3)c2)C1=O. The average molecular weight is 425 g/mol. The molecular weight excluding hydrogens is 400 g/mol. The zero-order valence-electron chi connectivity index (χ0n) is 16.8. The highest BCUT2D eigenvalue weighted by atomic mass is 32.1. The number of tetrazole rings is 1. The second-order valence-electron chi connectivity index (χ2n) is 7.23. The minimum Gasteiger partial charge on any atom is -0.339 e. The van der Waals surface area contributed by atoms with Gasteiger partial charge in [-0.1, -0.05) is 30.3 Å². The summed E-state index contributed by atoms with van der Waals surface area (Å²) < 4.78 is 1.53. The Bertz CT molecular complexity index is 989. The molecule has 0 radical (unpaired) electrons. The van der Waals surface area contributed by atoms with Crippen LogP contribution in [-0.4, -0.2) is 67.5 Å². The molecule has 1 aliphatic heterocycles. The van der Waals surface area contributed by atoms with Crippen molar-refractivity contribution in [2.24, 2.45) is 0 Å². The molecule has 1 aliphatic rings. The zero-order valence-corrected chi connectivity index (χ0v) is 17.7. The van der Waals surface area contributed by atoms with Gasteiger partial charge in [-0.3, -0.25) is 9.59 Å². The lowest BCUT2D eigenvalue weighted by atomic mass is 9.98. The number of aromatic nitrogens is 4. The number of nitrogens with zero attached hydrogens (tertiary/aromatic N) is 6. The molecule has 9 heteroatoms. The summed E-state index contributed by atoms with van der Waals surface area (Å²) >= 11 is 1.69. The molecule has 0 spiro atoms. The van der Waals surface area contributed by atoms with Crippen LogP contribution in [0.25, 0.3) is 10.4 Å². The van der Waals surface area contributed by atoms with Crippen LogP contribution in [0.1, 0.15) is 18.9 Å². The van der Waals surface area contributed by atoms with Gasteiger partial charge in [-0.05, 0) is 39.9 Å². The van der Waals surface area contributed by atoms with Gasteiger partial charge >= 0.3 is 0 Å². The largest absolute Gasteiger partial charge is 0.339 e. The maximum Gasteiger partial charge on any atom is 0.245 e. The van der Waals surface area contributed by atoms with E-state index in [9.17, 15) is 9.59 Å². The summed E-state index contributed by atoms with van der Waals surface area (Å²) in [6, 6.07) is 11.9. The highest BCUT2D eigenvalue weighted by molar-refractivity contribution is 7.13. The fourth-order valence-electron chi connectivity index (χ4n) is 3.80. The van der Waals surface area contributed by atoms with Gasteiger partial charge in [0.15, 0.2) is 0 Å². The fourth-order valence-corrected chi connectivity index (χ4v) is 4.53. The number of amides is 2. The number of likely N-dealkylation sites (N-methyl/N-ethyl adjacent to an activating group) is 1.